The number of aliphatic carboxylic acids is 1. The number of benzene rings is 2. The third-order valence-corrected chi connectivity index (χ3v) is 4.58. The first-order valence-corrected chi connectivity index (χ1v) is 8.39. The molecule has 138 valence electrons. The zero-order chi connectivity index (χ0) is 19.2. The molecule has 2 rings (SSSR count). The van der Waals surface area contributed by atoms with Gasteiger partial charge in [0.25, 0.3) is 0 Å². The number of hydrogen-bond donors (Lipinski definition) is 2. The fraction of sp³-hybridized carbons (Fsp3) is 0.300. The number of aryl methyl sites for hydroxylation is 1. The van der Waals surface area contributed by atoms with Gasteiger partial charge in [0.15, 0.2) is 11.6 Å². The lowest BCUT2D eigenvalue weighted by Crippen LogP contribution is -2.46. The molecule has 2 aromatic rings. The molecule has 4 nitrogen and oxygen atoms in total. The maximum absolute atomic E-state index is 13.6. The van der Waals surface area contributed by atoms with Gasteiger partial charge in [0.1, 0.15) is 5.41 Å². The Morgan fingerprint density at radius 2 is 1.77 bits per heavy atom. The number of hydrogen-bond acceptors (Lipinski definition) is 2. The van der Waals surface area contributed by atoms with Gasteiger partial charge >= 0.3 is 5.97 Å². The van der Waals surface area contributed by atoms with Crippen LogP contribution in [0.2, 0.25) is 0 Å². The van der Waals surface area contributed by atoms with Crippen LogP contribution in [0.4, 0.5) is 8.78 Å². The Kier molecular flexibility index (Phi) is 6.44. The predicted molar refractivity (Wildman–Crippen MR) is 93.7 cm³/mol. The molecule has 0 spiro atoms. The van der Waals surface area contributed by atoms with Crippen LogP contribution in [0.25, 0.3) is 0 Å². The van der Waals surface area contributed by atoms with Crippen molar-refractivity contribution in [2.45, 2.75) is 31.6 Å². The lowest BCUT2D eigenvalue weighted by molar-refractivity contribution is -0.144. The van der Waals surface area contributed by atoms with Crippen LogP contribution in [0.15, 0.2) is 48.5 Å². The van der Waals surface area contributed by atoms with Gasteiger partial charge in [0, 0.05) is 13.0 Å². The maximum Gasteiger partial charge on any atom is 0.315 e. The number of carboxylic acids is 1. The Morgan fingerprint density at radius 1 is 1.08 bits per heavy atom. The molecule has 0 saturated heterocycles. The minimum absolute atomic E-state index is 0.0347. The van der Waals surface area contributed by atoms with E-state index in [0.717, 1.165) is 6.07 Å². The van der Waals surface area contributed by atoms with Crippen molar-refractivity contribution in [3.63, 3.8) is 0 Å². The van der Waals surface area contributed by atoms with E-state index in [4.69, 9.17) is 0 Å². The normalized spacial score (nSPS) is 13.0. The van der Waals surface area contributed by atoms with Crippen LogP contribution in [-0.2, 0) is 21.4 Å². The van der Waals surface area contributed by atoms with E-state index in [2.05, 4.69) is 5.32 Å². The summed E-state index contributed by atoms with van der Waals surface area (Å²) in [6, 6.07) is 12.5. The second-order valence-corrected chi connectivity index (χ2v) is 6.10. The number of rotatable bonds is 8. The summed E-state index contributed by atoms with van der Waals surface area (Å²) in [6.45, 7) is 1.67. The van der Waals surface area contributed by atoms with E-state index in [1.807, 2.05) is 0 Å². The zero-order valence-electron chi connectivity index (χ0n) is 14.5. The van der Waals surface area contributed by atoms with Gasteiger partial charge in [-0.15, -0.1) is 0 Å². The second kappa shape index (κ2) is 8.56. The molecule has 0 saturated carbocycles. The first kappa shape index (κ1) is 19.6. The lowest BCUT2D eigenvalue weighted by atomic mass is 9.78. The summed E-state index contributed by atoms with van der Waals surface area (Å²) >= 11 is 0. The highest BCUT2D eigenvalue weighted by Gasteiger charge is 2.38. The molecule has 1 unspecified atom stereocenters. The highest BCUT2D eigenvalue weighted by atomic mass is 19.2. The van der Waals surface area contributed by atoms with Gasteiger partial charge in [-0.25, -0.2) is 8.78 Å². The highest BCUT2D eigenvalue weighted by molar-refractivity contribution is 5.83. The number of amides is 1. The third kappa shape index (κ3) is 4.25. The summed E-state index contributed by atoms with van der Waals surface area (Å²) in [6.07, 6.45) is 0.271. The molecule has 26 heavy (non-hydrogen) atoms. The van der Waals surface area contributed by atoms with Gasteiger partial charge < -0.3 is 10.4 Å². The summed E-state index contributed by atoms with van der Waals surface area (Å²) in [5, 5.41) is 12.3. The fourth-order valence-electron chi connectivity index (χ4n) is 2.87. The quantitative estimate of drug-likeness (QED) is 0.757. The summed E-state index contributed by atoms with van der Waals surface area (Å²) < 4.78 is 26.8. The lowest BCUT2D eigenvalue weighted by Gasteiger charge is -2.29. The molecular weight excluding hydrogens is 340 g/mol. The van der Waals surface area contributed by atoms with Gasteiger partial charge in [-0.2, -0.15) is 0 Å². The molecule has 0 aliphatic heterocycles. The number of nitrogens with one attached hydrogen (secondary N) is 1. The number of carbonyl (C=O) groups excluding carboxylic acids is 1. The van der Waals surface area contributed by atoms with Gasteiger partial charge in [-0.3, -0.25) is 9.59 Å². The van der Waals surface area contributed by atoms with Crippen LogP contribution in [0.1, 0.15) is 30.9 Å². The monoisotopic (exact) mass is 361 g/mol. The second-order valence-electron chi connectivity index (χ2n) is 6.10. The van der Waals surface area contributed by atoms with E-state index in [1.54, 1.807) is 37.3 Å². The van der Waals surface area contributed by atoms with E-state index in [1.165, 1.54) is 12.1 Å². The Labute approximate surface area is 150 Å². The molecule has 0 fully saturated rings. The molecule has 0 bridgehead atoms. The SMILES string of the molecule is CCC(CNC(=O)CCc1cccc(F)c1F)(C(=O)O)c1ccccc1. The Morgan fingerprint density at radius 3 is 2.38 bits per heavy atom. The van der Waals surface area contributed by atoms with Crippen LogP contribution in [0, 0.1) is 11.6 Å². The van der Waals surface area contributed by atoms with Gasteiger partial charge in [0.2, 0.25) is 5.91 Å². The Balaban J connectivity index is 2.03. The van der Waals surface area contributed by atoms with Crippen LogP contribution in [0.5, 0.6) is 0 Å². The molecule has 0 radical (unpaired) electrons. The van der Waals surface area contributed by atoms with Crippen molar-refractivity contribution in [3.05, 3.63) is 71.3 Å². The third-order valence-electron chi connectivity index (χ3n) is 4.58. The van der Waals surface area contributed by atoms with Crippen LogP contribution in [-0.4, -0.2) is 23.5 Å². The van der Waals surface area contributed by atoms with Crippen molar-refractivity contribution in [1.29, 1.82) is 0 Å². The van der Waals surface area contributed by atoms with Crippen molar-refractivity contribution in [1.82, 2.24) is 5.32 Å². The summed E-state index contributed by atoms with van der Waals surface area (Å²) in [4.78, 5) is 24.0. The molecule has 6 heteroatoms. The molecule has 2 aromatic carbocycles. The van der Waals surface area contributed by atoms with E-state index >= 15 is 0 Å². The van der Waals surface area contributed by atoms with E-state index in [-0.39, 0.29) is 24.9 Å². The average Bonchev–Trinajstić information content (AvgIpc) is 2.64. The molecule has 1 amide bonds. The van der Waals surface area contributed by atoms with Gasteiger partial charge in [0.05, 0.1) is 0 Å². The van der Waals surface area contributed by atoms with Gasteiger partial charge in [-0.05, 0) is 30.0 Å². The molecule has 0 aliphatic rings. The molecule has 2 N–H and O–H groups in total. The molecule has 0 aromatic heterocycles. The van der Waals surface area contributed by atoms with E-state index in [0.29, 0.717) is 12.0 Å². The van der Waals surface area contributed by atoms with E-state index < -0.39 is 28.9 Å². The smallest absolute Gasteiger partial charge is 0.315 e. The number of carboxylic acid groups (broad SMARTS) is 1. The molecular formula is C20H21F2NO3. The van der Waals surface area contributed by atoms with Gasteiger partial charge in [-0.1, -0.05) is 49.4 Å². The molecule has 1 atom stereocenters. The van der Waals surface area contributed by atoms with Crippen molar-refractivity contribution >= 4 is 11.9 Å². The van der Waals surface area contributed by atoms with Crippen LogP contribution >= 0.6 is 0 Å². The first-order valence-electron chi connectivity index (χ1n) is 8.39. The predicted octanol–water partition coefficient (Wildman–Crippen LogP) is 3.45. The molecule has 0 heterocycles. The minimum Gasteiger partial charge on any atom is -0.481 e. The average molecular weight is 361 g/mol. The van der Waals surface area contributed by atoms with E-state index in [9.17, 15) is 23.5 Å². The van der Waals surface area contributed by atoms with Crippen molar-refractivity contribution < 1.29 is 23.5 Å². The largest absolute Gasteiger partial charge is 0.481 e. The zero-order valence-corrected chi connectivity index (χ0v) is 14.5. The topological polar surface area (TPSA) is 66.4 Å². The van der Waals surface area contributed by atoms with Crippen LogP contribution < -0.4 is 5.32 Å². The fourth-order valence-corrected chi connectivity index (χ4v) is 2.87. The minimum atomic E-state index is -1.24. The molecule has 0 aliphatic carbocycles. The number of halogens is 2. The standard InChI is InChI=1S/C20H21F2NO3/c1-2-20(19(25)26,15-8-4-3-5-9-15)13-23-17(24)12-11-14-7-6-10-16(21)18(14)22/h3-10H,2,11-13H2,1H3,(H,23,24)(H,25,26). The Bertz CT molecular complexity index is 780. The summed E-state index contributed by atoms with van der Waals surface area (Å²) in [7, 11) is 0. The first-order chi connectivity index (χ1) is 12.4. The van der Waals surface area contributed by atoms with Crippen LogP contribution in [0.3, 0.4) is 0 Å². The summed E-state index contributed by atoms with van der Waals surface area (Å²) in [5.74, 6) is -3.35. The Hall–Kier alpha value is -2.76. The van der Waals surface area contributed by atoms with Crippen molar-refractivity contribution in [2.24, 2.45) is 0 Å². The highest BCUT2D eigenvalue weighted by Crippen LogP contribution is 2.28. The van der Waals surface area contributed by atoms with Crippen molar-refractivity contribution in [3.8, 4) is 0 Å². The maximum atomic E-state index is 13.6. The number of carbonyl (C=O) groups is 2. The summed E-state index contributed by atoms with van der Waals surface area (Å²) in [5.41, 5.74) is -0.518. The van der Waals surface area contributed by atoms with Crippen molar-refractivity contribution in [2.75, 3.05) is 6.54 Å².